The number of anilines is 1. The van der Waals surface area contributed by atoms with Crippen molar-refractivity contribution in [1.82, 2.24) is 10.2 Å². The fourth-order valence-electron chi connectivity index (χ4n) is 4.58. The second-order valence-corrected chi connectivity index (χ2v) is 9.12. The fourth-order valence-corrected chi connectivity index (χ4v) is 4.58. The minimum Gasteiger partial charge on any atom is -0.495 e. The summed E-state index contributed by atoms with van der Waals surface area (Å²) < 4.78 is 11.5. The van der Waals surface area contributed by atoms with Crippen LogP contribution in [0.5, 0.6) is 11.5 Å². The molecule has 39 heavy (non-hydrogen) atoms. The molecule has 0 radical (unpaired) electrons. The smallest absolute Gasteiger partial charge is 0.255 e. The van der Waals surface area contributed by atoms with E-state index in [9.17, 15) is 9.59 Å². The molecule has 1 saturated heterocycles. The number of Topliss-reactive ketones (excluding diaryl/α,β-unsaturated/α-hetero) is 1. The van der Waals surface area contributed by atoms with Gasteiger partial charge >= 0.3 is 0 Å². The quantitative estimate of drug-likeness (QED) is 0.249. The van der Waals surface area contributed by atoms with E-state index in [1.807, 2.05) is 48.5 Å². The van der Waals surface area contributed by atoms with Crippen LogP contribution in [-0.4, -0.2) is 63.0 Å². The van der Waals surface area contributed by atoms with Gasteiger partial charge in [0.05, 0.1) is 23.9 Å². The molecule has 7 nitrogen and oxygen atoms in total. The second kappa shape index (κ2) is 16.0. The zero-order valence-corrected chi connectivity index (χ0v) is 24.1. The predicted octanol–water partition coefficient (Wildman–Crippen LogP) is 5.26. The van der Waals surface area contributed by atoms with E-state index in [4.69, 9.17) is 9.47 Å². The highest BCUT2D eigenvalue weighted by molar-refractivity contribution is 6.04. The van der Waals surface area contributed by atoms with E-state index in [2.05, 4.69) is 21.2 Å². The Labute approximate surface area is 243 Å². The number of amides is 1. The number of ketones is 1. The van der Waals surface area contributed by atoms with Crippen LogP contribution in [0.2, 0.25) is 0 Å². The molecule has 0 saturated carbocycles. The van der Waals surface area contributed by atoms with Gasteiger partial charge < -0.3 is 19.7 Å². The molecular formula is C30H37Cl2N3O4. The number of rotatable bonds is 11. The van der Waals surface area contributed by atoms with Gasteiger partial charge in [0.25, 0.3) is 5.91 Å². The van der Waals surface area contributed by atoms with Gasteiger partial charge in [-0.05, 0) is 49.7 Å². The van der Waals surface area contributed by atoms with Gasteiger partial charge in [0.1, 0.15) is 18.1 Å². The van der Waals surface area contributed by atoms with Gasteiger partial charge in [-0.25, -0.2) is 0 Å². The summed E-state index contributed by atoms with van der Waals surface area (Å²) in [5, 5.41) is 3.01. The summed E-state index contributed by atoms with van der Waals surface area (Å²) in [6, 6.07) is 23.0. The van der Waals surface area contributed by atoms with E-state index >= 15 is 0 Å². The Balaban J connectivity index is 0.00000267. The number of nitrogens with zero attached hydrogens (tertiary/aromatic N) is 2. The molecule has 0 atom stereocenters. The Morgan fingerprint density at radius 3 is 2.21 bits per heavy atom. The summed E-state index contributed by atoms with van der Waals surface area (Å²) >= 11 is 0. The number of piperazine rings is 1. The molecule has 3 aromatic carbocycles. The van der Waals surface area contributed by atoms with Crippen LogP contribution in [0.25, 0.3) is 0 Å². The maximum absolute atomic E-state index is 13.0. The standard InChI is InChI=1S/C30H35N3O4.2ClH/c1-23(34)25-12-8-13-26(29(25)37-22-24-10-4-3-5-11-24)30(35)31-16-9-17-32-18-20-33(21-19-32)27-14-6-7-15-28(27)36-2;;/h3-8,10-15H,9,16-22H2,1-2H3,(H,31,35);2*1H. The van der Waals surface area contributed by atoms with Crippen LogP contribution in [0.4, 0.5) is 5.69 Å². The Kier molecular flexibility index (Phi) is 13.1. The molecule has 4 rings (SSSR count). The first kappa shape index (κ1) is 32.0. The first-order valence-corrected chi connectivity index (χ1v) is 12.8. The number of carbonyl (C=O) groups is 2. The van der Waals surface area contributed by atoms with Crippen LogP contribution in [0.3, 0.4) is 0 Å². The van der Waals surface area contributed by atoms with E-state index in [-0.39, 0.29) is 43.1 Å². The third-order valence-corrected chi connectivity index (χ3v) is 6.60. The van der Waals surface area contributed by atoms with Crippen molar-refractivity contribution in [3.8, 4) is 11.5 Å². The van der Waals surface area contributed by atoms with Gasteiger partial charge in [0, 0.05) is 32.7 Å². The molecule has 0 bridgehead atoms. The molecule has 1 N–H and O–H groups in total. The highest BCUT2D eigenvalue weighted by Gasteiger charge is 2.21. The normalized spacial score (nSPS) is 13.0. The molecule has 0 aliphatic carbocycles. The molecule has 9 heteroatoms. The van der Waals surface area contributed by atoms with Crippen LogP contribution in [0, 0.1) is 0 Å². The average Bonchev–Trinajstić information content (AvgIpc) is 2.94. The summed E-state index contributed by atoms with van der Waals surface area (Å²) in [5.74, 6) is 0.876. The maximum atomic E-state index is 13.0. The Morgan fingerprint density at radius 1 is 0.846 bits per heavy atom. The lowest BCUT2D eigenvalue weighted by atomic mass is 10.0. The number of ether oxygens (including phenoxy) is 2. The van der Waals surface area contributed by atoms with Crippen molar-refractivity contribution in [2.45, 2.75) is 20.0 Å². The molecule has 3 aromatic rings. The lowest BCUT2D eigenvalue weighted by molar-refractivity contribution is 0.0946. The SMILES string of the molecule is COc1ccccc1N1CCN(CCCNC(=O)c2cccc(C(C)=O)c2OCc2ccccc2)CC1.Cl.Cl. The lowest BCUT2D eigenvalue weighted by Crippen LogP contribution is -2.47. The van der Waals surface area contributed by atoms with E-state index in [0.29, 0.717) is 23.4 Å². The average molecular weight is 575 g/mol. The summed E-state index contributed by atoms with van der Waals surface area (Å²) in [4.78, 5) is 30.0. The molecular weight excluding hydrogens is 537 g/mol. The molecule has 0 aromatic heterocycles. The lowest BCUT2D eigenvalue weighted by Gasteiger charge is -2.36. The first-order valence-electron chi connectivity index (χ1n) is 12.8. The second-order valence-electron chi connectivity index (χ2n) is 9.12. The van der Waals surface area contributed by atoms with Crippen molar-refractivity contribution < 1.29 is 19.1 Å². The Bertz CT molecular complexity index is 1200. The van der Waals surface area contributed by atoms with Crippen molar-refractivity contribution in [3.63, 3.8) is 0 Å². The molecule has 0 unspecified atom stereocenters. The number of hydrogen-bond donors (Lipinski definition) is 1. The van der Waals surface area contributed by atoms with Crippen LogP contribution in [0.15, 0.2) is 72.8 Å². The molecule has 1 amide bonds. The van der Waals surface area contributed by atoms with Gasteiger partial charge in [-0.15, -0.1) is 24.8 Å². The summed E-state index contributed by atoms with van der Waals surface area (Å²) in [6.07, 6.45) is 0.840. The highest BCUT2D eigenvalue weighted by atomic mass is 35.5. The van der Waals surface area contributed by atoms with Crippen molar-refractivity contribution >= 4 is 42.2 Å². The van der Waals surface area contributed by atoms with E-state index < -0.39 is 0 Å². The topological polar surface area (TPSA) is 71.1 Å². The number of benzene rings is 3. The largest absolute Gasteiger partial charge is 0.495 e. The summed E-state index contributed by atoms with van der Waals surface area (Å²) in [6.45, 7) is 7.03. The zero-order valence-electron chi connectivity index (χ0n) is 22.4. The van der Waals surface area contributed by atoms with Crippen molar-refractivity contribution in [2.24, 2.45) is 0 Å². The Morgan fingerprint density at radius 2 is 1.51 bits per heavy atom. The number of halogens is 2. The Hall–Kier alpha value is -3.26. The fraction of sp³-hybridized carbons (Fsp3) is 0.333. The van der Waals surface area contributed by atoms with Crippen molar-refractivity contribution in [2.75, 3.05) is 51.3 Å². The van der Waals surface area contributed by atoms with Gasteiger partial charge in [0.2, 0.25) is 0 Å². The first-order chi connectivity index (χ1) is 18.1. The molecule has 1 aliphatic rings. The summed E-state index contributed by atoms with van der Waals surface area (Å²) in [7, 11) is 1.71. The van der Waals surface area contributed by atoms with E-state index in [0.717, 1.165) is 56.1 Å². The zero-order chi connectivity index (χ0) is 26.0. The van der Waals surface area contributed by atoms with Gasteiger partial charge in [-0.2, -0.15) is 0 Å². The van der Waals surface area contributed by atoms with Crippen LogP contribution >= 0.6 is 24.8 Å². The number of hydrogen-bond acceptors (Lipinski definition) is 6. The third-order valence-electron chi connectivity index (χ3n) is 6.60. The summed E-state index contributed by atoms with van der Waals surface area (Å²) in [5.41, 5.74) is 2.90. The number of para-hydroxylation sites is 3. The minimum atomic E-state index is -0.229. The number of carbonyl (C=O) groups excluding carboxylic acids is 2. The molecule has 1 heterocycles. The molecule has 0 spiro atoms. The molecule has 1 aliphatic heterocycles. The molecule has 1 fully saturated rings. The number of nitrogens with one attached hydrogen (secondary N) is 1. The number of methoxy groups -OCH3 is 1. The molecule has 210 valence electrons. The monoisotopic (exact) mass is 573 g/mol. The van der Waals surface area contributed by atoms with Crippen LogP contribution in [-0.2, 0) is 6.61 Å². The van der Waals surface area contributed by atoms with Gasteiger partial charge in [-0.3, -0.25) is 14.5 Å². The maximum Gasteiger partial charge on any atom is 0.255 e. The van der Waals surface area contributed by atoms with Gasteiger partial charge in [0.15, 0.2) is 5.78 Å². The minimum absolute atomic E-state index is 0. The van der Waals surface area contributed by atoms with Gasteiger partial charge in [-0.1, -0.05) is 48.5 Å². The van der Waals surface area contributed by atoms with E-state index in [1.54, 1.807) is 25.3 Å². The van der Waals surface area contributed by atoms with Crippen LogP contribution in [0.1, 0.15) is 39.6 Å². The highest BCUT2D eigenvalue weighted by Crippen LogP contribution is 2.28. The van der Waals surface area contributed by atoms with Crippen molar-refractivity contribution in [3.05, 3.63) is 89.5 Å². The van der Waals surface area contributed by atoms with E-state index in [1.165, 1.54) is 6.92 Å². The predicted molar refractivity (Wildman–Crippen MR) is 160 cm³/mol. The van der Waals surface area contributed by atoms with Crippen molar-refractivity contribution in [1.29, 1.82) is 0 Å². The third kappa shape index (κ3) is 8.62. The van der Waals surface area contributed by atoms with Crippen LogP contribution < -0.4 is 19.7 Å².